The van der Waals surface area contributed by atoms with Crippen molar-refractivity contribution in [2.24, 2.45) is 0 Å². The van der Waals surface area contributed by atoms with Crippen LogP contribution in [0.25, 0.3) is 0 Å². The first-order valence-corrected chi connectivity index (χ1v) is 13.9. The average molecular weight is 513 g/mol. The number of Topliss-reactive ketones (excluding diaryl/α,β-unsaturated/α-hetero) is 1. The molecule has 0 radical (unpaired) electrons. The van der Waals surface area contributed by atoms with E-state index in [2.05, 4.69) is 23.8 Å². The minimum Gasteiger partial charge on any atom is -0.349 e. The number of rotatable bonds is 3. The van der Waals surface area contributed by atoms with Crippen LogP contribution >= 0.6 is 0 Å². The molecule has 0 aromatic carbocycles. The van der Waals surface area contributed by atoms with Gasteiger partial charge in [-0.25, -0.2) is 9.97 Å². The van der Waals surface area contributed by atoms with Crippen LogP contribution in [0.3, 0.4) is 0 Å². The summed E-state index contributed by atoms with van der Waals surface area (Å²) in [5.41, 5.74) is 0.505. The fraction of sp³-hybridized carbons (Fsp3) is 0.759. The Balaban J connectivity index is -0.000000122. The Morgan fingerprint density at radius 2 is 1.31 bits per heavy atom. The van der Waals surface area contributed by atoms with Crippen LogP contribution in [0.4, 0.5) is 0 Å². The molecule has 0 saturated carbocycles. The van der Waals surface area contributed by atoms with Crippen LogP contribution in [-0.2, 0) is 9.59 Å². The van der Waals surface area contributed by atoms with Gasteiger partial charge >= 0.3 is 0 Å². The first-order chi connectivity index (χ1) is 17.1. The van der Waals surface area contributed by atoms with Crippen LogP contribution in [-0.4, -0.2) is 64.6 Å². The van der Waals surface area contributed by atoms with Gasteiger partial charge in [0.25, 0.3) is 0 Å². The molecule has 1 unspecified atom stereocenters. The Bertz CT molecular complexity index is 629. The summed E-state index contributed by atoms with van der Waals surface area (Å²) in [7, 11) is 3.45. The molecule has 1 atom stereocenters. The monoisotopic (exact) mass is 512 g/mol. The normalized spacial score (nSPS) is 11.5. The Morgan fingerprint density at radius 1 is 0.889 bits per heavy atom. The highest BCUT2D eigenvalue weighted by Gasteiger charge is 2.11. The van der Waals surface area contributed by atoms with Gasteiger partial charge in [0, 0.05) is 60.1 Å². The van der Waals surface area contributed by atoms with E-state index in [0.29, 0.717) is 11.6 Å². The predicted molar refractivity (Wildman–Crippen MR) is 157 cm³/mol. The molecule has 1 saturated heterocycles. The summed E-state index contributed by atoms with van der Waals surface area (Å²) in [5, 5.41) is 0. The summed E-state index contributed by atoms with van der Waals surface area (Å²) in [6, 6.07) is 1.65. The second-order valence-corrected chi connectivity index (χ2v) is 7.15. The van der Waals surface area contributed by atoms with Gasteiger partial charge in [-0.2, -0.15) is 0 Å². The maximum atomic E-state index is 11.0. The lowest BCUT2D eigenvalue weighted by Gasteiger charge is -2.24. The zero-order chi connectivity index (χ0) is 29.7. The molecular weight excluding hydrogens is 452 g/mol. The maximum absolute atomic E-state index is 11.0. The van der Waals surface area contributed by atoms with Gasteiger partial charge in [-0.3, -0.25) is 14.4 Å². The van der Waals surface area contributed by atoms with E-state index in [4.69, 9.17) is 0 Å². The van der Waals surface area contributed by atoms with Crippen molar-refractivity contribution in [3.05, 3.63) is 23.8 Å². The summed E-state index contributed by atoms with van der Waals surface area (Å²) in [6.07, 6.45) is 6.32. The van der Waals surface area contributed by atoms with E-state index in [0.717, 1.165) is 25.3 Å². The summed E-state index contributed by atoms with van der Waals surface area (Å²) in [6.45, 7) is 26.8. The van der Waals surface area contributed by atoms with Gasteiger partial charge in [0.2, 0.25) is 11.8 Å². The number of nitrogens with zero attached hydrogens (tertiary/aromatic N) is 4. The number of carbonyl (C=O) groups is 3. The van der Waals surface area contributed by atoms with E-state index in [1.54, 1.807) is 33.3 Å². The highest BCUT2D eigenvalue weighted by Crippen LogP contribution is 2.13. The number of hydrogen-bond acceptors (Lipinski definition) is 5. The Morgan fingerprint density at radius 3 is 1.58 bits per heavy atom. The standard InChI is InChI=1S/C10H14N2O.C7H13NO.C4H9NO.4C2H6/c1-4-7(2)10-11-6-5-9(12-10)8(3)13;1-7(9)8-5-3-2-4-6-8;1-4(6)5(2)3;4*1-2/h5-7H,4H2,1-3H3;2-6H2,1H3;1-3H3;4*1-2H3. The highest BCUT2D eigenvalue weighted by atomic mass is 16.2. The molecule has 1 aliphatic heterocycles. The van der Waals surface area contributed by atoms with Crippen molar-refractivity contribution in [3.63, 3.8) is 0 Å². The molecular formula is C29H60N4O3. The lowest BCUT2D eigenvalue weighted by molar-refractivity contribution is -0.129. The largest absolute Gasteiger partial charge is 0.349 e. The molecule has 1 aromatic rings. The summed E-state index contributed by atoms with van der Waals surface area (Å²) < 4.78 is 0. The molecule has 0 bridgehead atoms. The lowest BCUT2D eigenvalue weighted by atomic mass is 10.1. The molecule has 2 amide bonds. The minimum absolute atomic E-state index is 0.00745. The Kier molecular flexibility index (Phi) is 39.7. The van der Waals surface area contributed by atoms with Crippen molar-refractivity contribution < 1.29 is 14.4 Å². The smallest absolute Gasteiger partial charge is 0.219 e. The lowest BCUT2D eigenvalue weighted by Crippen LogP contribution is -2.33. The van der Waals surface area contributed by atoms with E-state index in [9.17, 15) is 14.4 Å². The molecule has 7 heteroatoms. The predicted octanol–water partition coefficient (Wildman–Crippen LogP) is 7.41. The quantitative estimate of drug-likeness (QED) is 0.394. The van der Waals surface area contributed by atoms with Gasteiger partial charge in [-0.05, 0) is 31.7 Å². The van der Waals surface area contributed by atoms with Crippen molar-refractivity contribution in [1.29, 1.82) is 0 Å². The number of piperidine rings is 1. The number of carbonyl (C=O) groups excluding carboxylic acids is 3. The molecule has 7 nitrogen and oxygen atoms in total. The van der Waals surface area contributed by atoms with Gasteiger partial charge in [0.15, 0.2) is 5.78 Å². The second-order valence-electron chi connectivity index (χ2n) is 7.15. The zero-order valence-electron chi connectivity index (χ0n) is 26.5. The van der Waals surface area contributed by atoms with E-state index >= 15 is 0 Å². The molecule has 1 aliphatic rings. The molecule has 1 aromatic heterocycles. The minimum atomic E-state index is -0.00745. The molecule has 0 spiro atoms. The molecule has 2 rings (SSSR count). The topological polar surface area (TPSA) is 83.5 Å². The van der Waals surface area contributed by atoms with E-state index in [1.165, 1.54) is 38.0 Å². The van der Waals surface area contributed by atoms with Gasteiger partial charge in [0.05, 0.1) is 0 Å². The van der Waals surface area contributed by atoms with Crippen LogP contribution in [0.2, 0.25) is 0 Å². The molecule has 36 heavy (non-hydrogen) atoms. The van der Waals surface area contributed by atoms with Gasteiger partial charge in [0.1, 0.15) is 11.5 Å². The van der Waals surface area contributed by atoms with Crippen molar-refractivity contribution in [2.45, 2.75) is 122 Å². The zero-order valence-corrected chi connectivity index (χ0v) is 26.5. The third-order valence-corrected chi connectivity index (χ3v) is 4.52. The molecule has 0 aliphatic carbocycles. The summed E-state index contributed by atoms with van der Waals surface area (Å²) in [5.74, 6) is 1.39. The molecule has 2 heterocycles. The number of likely N-dealkylation sites (tertiary alicyclic amines) is 1. The summed E-state index contributed by atoms with van der Waals surface area (Å²) >= 11 is 0. The fourth-order valence-corrected chi connectivity index (χ4v) is 2.20. The Labute approximate surface area is 224 Å². The number of ketones is 1. The highest BCUT2D eigenvalue weighted by molar-refractivity contribution is 5.91. The van der Waals surface area contributed by atoms with Gasteiger partial charge in [-0.15, -0.1) is 0 Å². The van der Waals surface area contributed by atoms with Crippen LogP contribution in [0, 0.1) is 0 Å². The van der Waals surface area contributed by atoms with Crippen molar-refractivity contribution in [3.8, 4) is 0 Å². The maximum Gasteiger partial charge on any atom is 0.219 e. The van der Waals surface area contributed by atoms with Crippen LogP contribution in [0.1, 0.15) is 138 Å². The van der Waals surface area contributed by atoms with E-state index in [1.807, 2.05) is 60.3 Å². The average Bonchev–Trinajstić information content (AvgIpc) is 2.94. The second kappa shape index (κ2) is 32.7. The van der Waals surface area contributed by atoms with Crippen LogP contribution in [0.15, 0.2) is 12.3 Å². The number of hydrogen-bond donors (Lipinski definition) is 0. The Hall–Kier alpha value is -2.31. The molecule has 0 N–H and O–H groups in total. The van der Waals surface area contributed by atoms with Gasteiger partial charge in [-0.1, -0.05) is 69.2 Å². The third kappa shape index (κ3) is 26.3. The SMILES string of the molecule is CC.CC.CC.CC.CC(=O)N(C)C.CC(=O)N1CCCCC1.CCC(C)c1nccc(C(C)=O)n1. The van der Waals surface area contributed by atoms with Crippen molar-refractivity contribution in [2.75, 3.05) is 27.2 Å². The fourth-order valence-electron chi connectivity index (χ4n) is 2.20. The van der Waals surface area contributed by atoms with E-state index < -0.39 is 0 Å². The van der Waals surface area contributed by atoms with Crippen LogP contribution in [0.5, 0.6) is 0 Å². The van der Waals surface area contributed by atoms with Gasteiger partial charge < -0.3 is 9.80 Å². The first-order valence-electron chi connectivity index (χ1n) is 13.9. The molecule has 1 fully saturated rings. The number of aromatic nitrogens is 2. The number of amides is 2. The summed E-state index contributed by atoms with van der Waals surface area (Å²) in [4.78, 5) is 43.6. The van der Waals surface area contributed by atoms with E-state index in [-0.39, 0.29) is 17.6 Å². The molecule has 214 valence electrons. The third-order valence-electron chi connectivity index (χ3n) is 4.52. The first kappa shape index (κ1) is 43.7. The van der Waals surface area contributed by atoms with Crippen molar-refractivity contribution in [1.82, 2.24) is 19.8 Å². The van der Waals surface area contributed by atoms with Crippen LogP contribution < -0.4 is 0 Å². The van der Waals surface area contributed by atoms with Crippen molar-refractivity contribution >= 4 is 17.6 Å².